The molecule has 54 valence electrons. The molecule has 0 rings (SSSR count). The summed E-state index contributed by atoms with van der Waals surface area (Å²) in [6, 6.07) is 0. The number of nitrogens with one attached hydrogen (secondary N) is 1. The molecule has 0 aliphatic heterocycles. The number of nitrogens with two attached hydrogens (primary N) is 1. The third-order valence-electron chi connectivity index (χ3n) is 0. The number of rotatable bonds is 0. The molecule has 0 heterocycles. The molecule has 0 saturated carbocycles. The van der Waals surface area contributed by atoms with Gasteiger partial charge in [-0.2, -0.15) is 0 Å². The zero-order chi connectivity index (χ0) is 7.15. The molecule has 0 saturated heterocycles. The maximum atomic E-state index is 9.44. The summed E-state index contributed by atoms with van der Waals surface area (Å²) in [5.74, 6) is 0.333. The van der Waals surface area contributed by atoms with Crippen molar-refractivity contribution >= 4 is 11.6 Å². The van der Waals surface area contributed by atoms with Gasteiger partial charge in [0.25, 0.3) is 0 Å². The third-order valence-corrected chi connectivity index (χ3v) is 0. The molecule has 0 aliphatic rings. The fourth-order valence-corrected chi connectivity index (χ4v) is 0. The van der Waals surface area contributed by atoms with Gasteiger partial charge < -0.3 is 10.5 Å². The van der Waals surface area contributed by atoms with Crippen molar-refractivity contribution in [3.63, 3.8) is 0 Å². The van der Waals surface area contributed by atoms with Crippen molar-refractivity contribution in [3.8, 4) is 0 Å². The van der Waals surface area contributed by atoms with Gasteiger partial charge in [-0.15, -0.1) is 0 Å². The van der Waals surface area contributed by atoms with Crippen LogP contribution in [0.1, 0.15) is 20.8 Å². The summed E-state index contributed by atoms with van der Waals surface area (Å²) in [5, 5.41) is 6.28. The summed E-state index contributed by atoms with van der Waals surface area (Å²) in [6.07, 6.45) is 0. The maximum absolute atomic E-state index is 9.44. The molecule has 4 heteroatoms. The average molecular weight is 308 g/mol. The molecular formula is C5H12IrN2O+3. The Balaban J connectivity index is -0.0000000720. The average Bonchev–Trinajstić information content (AvgIpc) is 1.25. The molecule has 0 fully saturated rings. The van der Waals surface area contributed by atoms with Gasteiger partial charge in [0.05, 0.1) is 5.84 Å². The maximum Gasteiger partial charge on any atom is 3.00 e. The molecule has 0 aromatic carbocycles. The van der Waals surface area contributed by atoms with E-state index in [1.54, 1.807) is 0 Å². The van der Waals surface area contributed by atoms with Crippen LogP contribution in [0.4, 0.5) is 0 Å². The van der Waals surface area contributed by atoms with Crippen LogP contribution in [0, 0.1) is 5.41 Å². The summed E-state index contributed by atoms with van der Waals surface area (Å²) in [5.41, 5.74) is 4.69. The summed E-state index contributed by atoms with van der Waals surface area (Å²) < 4.78 is 0. The van der Waals surface area contributed by atoms with Gasteiger partial charge in [0.2, 0.25) is 0 Å². The van der Waals surface area contributed by atoms with Crippen LogP contribution in [0.3, 0.4) is 0 Å². The number of carbonyl (C=O) groups excluding carboxylic acids is 1. The van der Waals surface area contributed by atoms with Gasteiger partial charge in [-0.05, 0) is 20.8 Å². The zero-order valence-electron chi connectivity index (χ0n) is 5.82. The van der Waals surface area contributed by atoms with Crippen LogP contribution in [0.25, 0.3) is 0 Å². The van der Waals surface area contributed by atoms with Crippen LogP contribution in [0.15, 0.2) is 0 Å². The Labute approximate surface area is 68.9 Å². The van der Waals surface area contributed by atoms with Gasteiger partial charge in [-0.25, -0.2) is 0 Å². The van der Waals surface area contributed by atoms with Crippen LogP contribution in [0.2, 0.25) is 0 Å². The summed E-state index contributed by atoms with van der Waals surface area (Å²) in [6.45, 7) is 4.58. The van der Waals surface area contributed by atoms with Gasteiger partial charge >= 0.3 is 20.1 Å². The summed E-state index contributed by atoms with van der Waals surface area (Å²) in [4.78, 5) is 9.44. The SMILES string of the molecule is CC(=N)N.CC(C)=O.[Ir+3]. The van der Waals surface area contributed by atoms with E-state index in [1.807, 2.05) is 0 Å². The van der Waals surface area contributed by atoms with Gasteiger partial charge in [-0.3, -0.25) is 5.41 Å². The fourth-order valence-electron chi connectivity index (χ4n) is 0. The normalized spacial score (nSPS) is 5.67. The second-order valence-corrected chi connectivity index (χ2v) is 1.59. The molecule has 0 amide bonds. The van der Waals surface area contributed by atoms with Crippen molar-refractivity contribution in [1.82, 2.24) is 0 Å². The number of amidine groups is 1. The second kappa shape index (κ2) is 10.7. The molecule has 0 atom stereocenters. The minimum absolute atomic E-state index is 0. The van der Waals surface area contributed by atoms with Gasteiger partial charge in [0.1, 0.15) is 5.78 Å². The predicted molar refractivity (Wildman–Crippen MR) is 33.9 cm³/mol. The summed E-state index contributed by atoms with van der Waals surface area (Å²) in [7, 11) is 0. The van der Waals surface area contributed by atoms with Crippen LogP contribution in [-0.2, 0) is 24.9 Å². The van der Waals surface area contributed by atoms with Crippen molar-refractivity contribution < 1.29 is 24.9 Å². The molecule has 0 aromatic rings. The van der Waals surface area contributed by atoms with Crippen molar-refractivity contribution in [3.05, 3.63) is 0 Å². The van der Waals surface area contributed by atoms with Crippen molar-refractivity contribution in [2.45, 2.75) is 20.8 Å². The Hall–Kier alpha value is -0.211. The van der Waals surface area contributed by atoms with Crippen molar-refractivity contribution in [2.75, 3.05) is 0 Å². The molecule has 0 bridgehead atoms. The Morgan fingerprint density at radius 3 is 1.33 bits per heavy atom. The Morgan fingerprint density at radius 2 is 1.33 bits per heavy atom. The van der Waals surface area contributed by atoms with Crippen LogP contribution in [0.5, 0.6) is 0 Å². The van der Waals surface area contributed by atoms with Gasteiger partial charge in [0, 0.05) is 0 Å². The quantitative estimate of drug-likeness (QED) is 0.506. The number of ketones is 1. The second-order valence-electron chi connectivity index (χ2n) is 1.59. The third kappa shape index (κ3) is 5880. The van der Waals surface area contributed by atoms with E-state index in [4.69, 9.17) is 11.1 Å². The molecule has 0 spiro atoms. The molecule has 0 aromatic heterocycles. The van der Waals surface area contributed by atoms with E-state index in [9.17, 15) is 4.79 Å². The van der Waals surface area contributed by atoms with Crippen molar-refractivity contribution in [2.24, 2.45) is 5.73 Å². The van der Waals surface area contributed by atoms with Gasteiger partial charge in [-0.1, -0.05) is 0 Å². The first kappa shape index (κ1) is 15.9. The number of Topliss-reactive ketones (excluding diaryl/α,β-unsaturated/α-hetero) is 1. The molecule has 0 radical (unpaired) electrons. The Morgan fingerprint density at radius 1 is 1.33 bits per heavy atom. The van der Waals surface area contributed by atoms with E-state index >= 15 is 0 Å². The van der Waals surface area contributed by atoms with Crippen molar-refractivity contribution in [1.29, 1.82) is 5.41 Å². The first-order valence-electron chi connectivity index (χ1n) is 2.24. The fraction of sp³-hybridized carbons (Fsp3) is 0.600. The first-order valence-corrected chi connectivity index (χ1v) is 2.24. The first-order chi connectivity index (χ1) is 3.46. The van der Waals surface area contributed by atoms with Crippen LogP contribution < -0.4 is 5.73 Å². The summed E-state index contributed by atoms with van der Waals surface area (Å²) >= 11 is 0. The Kier molecular flexibility index (Phi) is 18.9. The van der Waals surface area contributed by atoms with E-state index in [2.05, 4.69) is 0 Å². The molecular weight excluding hydrogens is 296 g/mol. The molecule has 3 nitrogen and oxygen atoms in total. The molecule has 9 heavy (non-hydrogen) atoms. The molecule has 3 N–H and O–H groups in total. The predicted octanol–water partition coefficient (Wildman–Crippen LogP) is 0.535. The van der Waals surface area contributed by atoms with Crippen LogP contribution >= 0.6 is 0 Å². The van der Waals surface area contributed by atoms with E-state index < -0.39 is 0 Å². The standard InChI is InChI=1S/C3H6O.C2H6N2.Ir/c1-3(2)4;1-2(3)4;/h1-2H3;1H3,(H3,3,4);/q;;+3. The molecule has 0 aliphatic carbocycles. The number of carbonyl (C=O) groups is 1. The van der Waals surface area contributed by atoms with E-state index in [0.717, 1.165) is 0 Å². The molecule has 0 unspecified atom stereocenters. The number of hydrogen-bond acceptors (Lipinski definition) is 2. The van der Waals surface area contributed by atoms with E-state index in [-0.39, 0.29) is 31.7 Å². The minimum Gasteiger partial charge on any atom is -0.388 e. The topological polar surface area (TPSA) is 66.9 Å². The Bertz CT molecular complexity index is 73.0. The minimum atomic E-state index is 0. The largest absolute Gasteiger partial charge is 3.00 e. The smallest absolute Gasteiger partial charge is 0.388 e. The number of hydrogen-bond donors (Lipinski definition) is 2. The zero-order valence-corrected chi connectivity index (χ0v) is 8.21. The van der Waals surface area contributed by atoms with Crippen LogP contribution in [-0.4, -0.2) is 11.6 Å². The van der Waals surface area contributed by atoms with E-state index in [1.165, 1.54) is 20.8 Å². The monoisotopic (exact) mass is 309 g/mol. The van der Waals surface area contributed by atoms with E-state index in [0.29, 0.717) is 0 Å². The van der Waals surface area contributed by atoms with Gasteiger partial charge in [0.15, 0.2) is 0 Å².